The monoisotopic (exact) mass is 197 g/mol. The van der Waals surface area contributed by atoms with Crippen LogP contribution in [0.5, 0.6) is 0 Å². The van der Waals surface area contributed by atoms with Crippen LogP contribution in [0.4, 0.5) is 0 Å². The van der Waals surface area contributed by atoms with E-state index in [1.807, 2.05) is 6.08 Å². The van der Waals surface area contributed by atoms with E-state index >= 15 is 0 Å². The standard InChI is InChI=1S/C12H23NO/c1-4-5-6-8-13-11-7-9-14-12(2,3)10-11/h4,11,13H,1,5-10H2,2-3H3. The van der Waals surface area contributed by atoms with Crippen molar-refractivity contribution in [3.8, 4) is 0 Å². The van der Waals surface area contributed by atoms with E-state index < -0.39 is 0 Å². The SMILES string of the molecule is C=CCCCNC1CCOC(C)(C)C1. The van der Waals surface area contributed by atoms with E-state index in [-0.39, 0.29) is 5.60 Å². The first-order valence-electron chi connectivity index (χ1n) is 5.62. The van der Waals surface area contributed by atoms with Crippen LogP contribution < -0.4 is 5.32 Å². The van der Waals surface area contributed by atoms with E-state index in [1.54, 1.807) is 0 Å². The van der Waals surface area contributed by atoms with Crippen LogP contribution in [0.15, 0.2) is 12.7 Å². The summed E-state index contributed by atoms with van der Waals surface area (Å²) in [6, 6.07) is 0.642. The highest BCUT2D eigenvalue weighted by Gasteiger charge is 2.28. The fourth-order valence-electron chi connectivity index (χ4n) is 1.96. The Kier molecular flexibility index (Phi) is 4.63. The summed E-state index contributed by atoms with van der Waals surface area (Å²) >= 11 is 0. The number of nitrogens with one attached hydrogen (secondary N) is 1. The molecule has 0 saturated carbocycles. The lowest BCUT2D eigenvalue weighted by molar-refractivity contribution is -0.0627. The van der Waals surface area contributed by atoms with Crippen LogP contribution in [0.3, 0.4) is 0 Å². The Balaban J connectivity index is 2.14. The molecular weight excluding hydrogens is 174 g/mol. The Hall–Kier alpha value is -0.340. The molecule has 0 radical (unpaired) electrons. The summed E-state index contributed by atoms with van der Waals surface area (Å²) in [4.78, 5) is 0. The van der Waals surface area contributed by atoms with Crippen LogP contribution in [-0.4, -0.2) is 24.8 Å². The number of rotatable bonds is 5. The highest BCUT2D eigenvalue weighted by atomic mass is 16.5. The van der Waals surface area contributed by atoms with Gasteiger partial charge in [-0.1, -0.05) is 6.08 Å². The molecule has 2 nitrogen and oxygen atoms in total. The van der Waals surface area contributed by atoms with Gasteiger partial charge in [0.1, 0.15) is 0 Å². The maximum Gasteiger partial charge on any atom is 0.0641 e. The zero-order valence-electron chi connectivity index (χ0n) is 9.51. The van der Waals surface area contributed by atoms with Crippen molar-refractivity contribution in [2.24, 2.45) is 0 Å². The number of allylic oxidation sites excluding steroid dienone is 1. The van der Waals surface area contributed by atoms with Crippen LogP contribution in [0.1, 0.15) is 39.5 Å². The van der Waals surface area contributed by atoms with Crippen LogP contribution in [0, 0.1) is 0 Å². The van der Waals surface area contributed by atoms with E-state index in [1.165, 1.54) is 6.42 Å². The smallest absolute Gasteiger partial charge is 0.0641 e. The maximum absolute atomic E-state index is 5.67. The molecule has 1 rings (SSSR count). The molecular formula is C12H23NO. The third-order valence-corrected chi connectivity index (χ3v) is 2.72. The molecule has 1 aliphatic heterocycles. The normalized spacial score (nSPS) is 26.0. The lowest BCUT2D eigenvalue weighted by Crippen LogP contribution is -2.43. The number of hydrogen-bond acceptors (Lipinski definition) is 2. The van der Waals surface area contributed by atoms with E-state index in [0.717, 1.165) is 32.4 Å². The molecule has 0 aliphatic carbocycles. The zero-order chi connectivity index (χ0) is 10.4. The Labute approximate surface area is 87.7 Å². The predicted octanol–water partition coefficient (Wildman–Crippen LogP) is 2.50. The van der Waals surface area contributed by atoms with Gasteiger partial charge in [-0.05, 0) is 46.1 Å². The molecule has 0 bridgehead atoms. The third-order valence-electron chi connectivity index (χ3n) is 2.72. The molecule has 1 aliphatic rings. The molecule has 1 atom stereocenters. The summed E-state index contributed by atoms with van der Waals surface area (Å²) in [6.07, 6.45) is 6.56. The summed E-state index contributed by atoms with van der Waals surface area (Å²) in [5.74, 6) is 0. The average molecular weight is 197 g/mol. The molecule has 0 aromatic heterocycles. The van der Waals surface area contributed by atoms with Crippen molar-refractivity contribution in [3.63, 3.8) is 0 Å². The number of ether oxygens (including phenoxy) is 1. The van der Waals surface area contributed by atoms with Crippen LogP contribution >= 0.6 is 0 Å². The molecule has 0 aromatic rings. The molecule has 1 fully saturated rings. The minimum atomic E-state index is 0.0638. The molecule has 0 aromatic carbocycles. The summed E-state index contributed by atoms with van der Waals surface area (Å²) in [7, 11) is 0. The van der Waals surface area contributed by atoms with Gasteiger partial charge in [-0.25, -0.2) is 0 Å². The second-order valence-electron chi connectivity index (χ2n) is 4.68. The molecule has 2 heteroatoms. The molecule has 1 heterocycles. The first-order chi connectivity index (χ1) is 6.64. The fourth-order valence-corrected chi connectivity index (χ4v) is 1.96. The van der Waals surface area contributed by atoms with Gasteiger partial charge in [-0.3, -0.25) is 0 Å². The molecule has 14 heavy (non-hydrogen) atoms. The summed E-state index contributed by atoms with van der Waals surface area (Å²) in [5, 5.41) is 3.58. The van der Waals surface area contributed by atoms with Gasteiger partial charge in [0.15, 0.2) is 0 Å². The Morgan fingerprint density at radius 2 is 2.36 bits per heavy atom. The summed E-state index contributed by atoms with van der Waals surface area (Å²) < 4.78 is 5.67. The van der Waals surface area contributed by atoms with E-state index in [0.29, 0.717) is 6.04 Å². The largest absolute Gasteiger partial charge is 0.375 e. The second kappa shape index (κ2) is 5.52. The van der Waals surface area contributed by atoms with Crippen molar-refractivity contribution in [2.45, 2.75) is 51.2 Å². The Bertz CT molecular complexity index is 177. The Morgan fingerprint density at radius 3 is 3.00 bits per heavy atom. The summed E-state index contributed by atoms with van der Waals surface area (Å²) in [6.45, 7) is 10.1. The molecule has 1 saturated heterocycles. The van der Waals surface area contributed by atoms with Gasteiger partial charge in [0.05, 0.1) is 5.60 Å². The van der Waals surface area contributed by atoms with E-state index in [2.05, 4.69) is 25.7 Å². The highest BCUT2D eigenvalue weighted by Crippen LogP contribution is 2.23. The third kappa shape index (κ3) is 4.25. The topological polar surface area (TPSA) is 21.3 Å². The lowest BCUT2D eigenvalue weighted by Gasteiger charge is -2.36. The number of hydrogen-bond donors (Lipinski definition) is 1. The van der Waals surface area contributed by atoms with Gasteiger partial charge in [0.2, 0.25) is 0 Å². The fraction of sp³-hybridized carbons (Fsp3) is 0.833. The molecule has 0 amide bonds. The minimum Gasteiger partial charge on any atom is -0.375 e. The molecule has 1 unspecified atom stereocenters. The van der Waals surface area contributed by atoms with Gasteiger partial charge in [-0.15, -0.1) is 6.58 Å². The van der Waals surface area contributed by atoms with Gasteiger partial charge in [0, 0.05) is 12.6 Å². The van der Waals surface area contributed by atoms with Crippen molar-refractivity contribution in [3.05, 3.63) is 12.7 Å². The van der Waals surface area contributed by atoms with Crippen LogP contribution in [0.25, 0.3) is 0 Å². The average Bonchev–Trinajstić information content (AvgIpc) is 2.11. The van der Waals surface area contributed by atoms with Gasteiger partial charge in [-0.2, -0.15) is 0 Å². The van der Waals surface area contributed by atoms with Gasteiger partial charge >= 0.3 is 0 Å². The predicted molar refractivity (Wildman–Crippen MR) is 60.5 cm³/mol. The van der Waals surface area contributed by atoms with Crippen LogP contribution in [0.2, 0.25) is 0 Å². The first kappa shape index (κ1) is 11.7. The summed E-state index contributed by atoms with van der Waals surface area (Å²) in [5.41, 5.74) is 0.0638. The minimum absolute atomic E-state index is 0.0638. The molecule has 1 N–H and O–H groups in total. The van der Waals surface area contributed by atoms with Gasteiger partial charge in [0.25, 0.3) is 0 Å². The van der Waals surface area contributed by atoms with Crippen molar-refractivity contribution >= 4 is 0 Å². The van der Waals surface area contributed by atoms with E-state index in [4.69, 9.17) is 4.74 Å². The first-order valence-corrected chi connectivity index (χ1v) is 5.62. The van der Waals surface area contributed by atoms with Crippen molar-refractivity contribution < 1.29 is 4.74 Å². The van der Waals surface area contributed by atoms with E-state index in [9.17, 15) is 0 Å². The van der Waals surface area contributed by atoms with Crippen LogP contribution in [-0.2, 0) is 4.74 Å². The molecule has 82 valence electrons. The highest BCUT2D eigenvalue weighted by molar-refractivity contribution is 4.83. The van der Waals surface area contributed by atoms with Crippen molar-refractivity contribution in [2.75, 3.05) is 13.2 Å². The lowest BCUT2D eigenvalue weighted by atomic mass is 9.94. The van der Waals surface area contributed by atoms with Gasteiger partial charge < -0.3 is 10.1 Å². The van der Waals surface area contributed by atoms with Crippen molar-refractivity contribution in [1.29, 1.82) is 0 Å². The quantitative estimate of drug-likeness (QED) is 0.540. The number of unbranched alkanes of at least 4 members (excludes halogenated alkanes) is 1. The van der Waals surface area contributed by atoms with Crippen molar-refractivity contribution in [1.82, 2.24) is 5.32 Å². The Morgan fingerprint density at radius 1 is 1.57 bits per heavy atom. The maximum atomic E-state index is 5.67. The molecule has 0 spiro atoms. The zero-order valence-corrected chi connectivity index (χ0v) is 9.51. The second-order valence-corrected chi connectivity index (χ2v) is 4.68.